The maximum Gasteiger partial charge on any atom is 0.416 e. The summed E-state index contributed by atoms with van der Waals surface area (Å²) in [4.78, 5) is 24.8. The zero-order valence-electron chi connectivity index (χ0n) is 16.2. The molecule has 0 radical (unpaired) electrons. The van der Waals surface area contributed by atoms with Crippen LogP contribution in [-0.2, 0) is 15.8 Å². The Labute approximate surface area is 176 Å². The van der Waals surface area contributed by atoms with Gasteiger partial charge in [-0.2, -0.15) is 13.2 Å². The van der Waals surface area contributed by atoms with Gasteiger partial charge in [-0.1, -0.05) is 0 Å². The molecule has 32 heavy (non-hydrogen) atoms. The summed E-state index contributed by atoms with van der Waals surface area (Å²) in [6.07, 6.45) is -4.14. The molecule has 1 heterocycles. The number of aliphatic hydroxyl groups is 1. The molecule has 0 saturated carbocycles. The van der Waals surface area contributed by atoms with E-state index in [1.807, 2.05) is 0 Å². The van der Waals surface area contributed by atoms with Gasteiger partial charge in [0.25, 0.3) is 11.8 Å². The largest absolute Gasteiger partial charge is 0.449 e. The third kappa shape index (κ3) is 4.54. The van der Waals surface area contributed by atoms with E-state index in [9.17, 15) is 35.9 Å². The number of carbonyl (C=O) groups is 2. The minimum Gasteiger partial charge on any atom is -0.449 e. The van der Waals surface area contributed by atoms with Crippen molar-refractivity contribution in [3.05, 3.63) is 64.6 Å². The highest BCUT2D eigenvalue weighted by molar-refractivity contribution is 6.17. The third-order valence-corrected chi connectivity index (χ3v) is 4.40. The molecular formula is C20H14F6N2O4. The molecule has 3 rings (SSSR count). The van der Waals surface area contributed by atoms with E-state index < -0.39 is 59.1 Å². The summed E-state index contributed by atoms with van der Waals surface area (Å²) in [7, 11) is 0. The molecule has 0 fully saturated rings. The number of nitrogens with one attached hydrogen (secondary N) is 1. The van der Waals surface area contributed by atoms with Crippen LogP contribution in [0.3, 0.4) is 0 Å². The summed E-state index contributed by atoms with van der Waals surface area (Å²) in [6, 6.07) is 1.89. The zero-order chi connectivity index (χ0) is 23.8. The van der Waals surface area contributed by atoms with Crippen LogP contribution in [0.5, 0.6) is 11.5 Å². The Morgan fingerprint density at radius 2 is 1.66 bits per heavy atom. The molecule has 0 saturated heterocycles. The molecule has 6 nitrogen and oxygen atoms in total. The summed E-state index contributed by atoms with van der Waals surface area (Å²) >= 11 is 0. The SMILES string of the molecule is Cc1cc(Oc2c(F)cc(C(F)(F)F)cc2F)c(NC2=CC(=O)N(CCO)C2=O)cc1F. The third-order valence-electron chi connectivity index (χ3n) is 4.40. The smallest absolute Gasteiger partial charge is 0.416 e. The van der Waals surface area contributed by atoms with E-state index in [1.54, 1.807) is 0 Å². The first kappa shape index (κ1) is 23.1. The zero-order valence-corrected chi connectivity index (χ0v) is 16.2. The molecule has 0 aromatic heterocycles. The van der Waals surface area contributed by atoms with Gasteiger partial charge in [-0.3, -0.25) is 14.5 Å². The van der Waals surface area contributed by atoms with Crippen LogP contribution in [-0.4, -0.2) is 35.0 Å². The van der Waals surface area contributed by atoms with Crippen LogP contribution in [0, 0.1) is 24.4 Å². The molecule has 2 aromatic rings. The number of ether oxygens (including phenoxy) is 1. The monoisotopic (exact) mass is 460 g/mol. The fraction of sp³-hybridized carbons (Fsp3) is 0.200. The number of rotatable bonds is 6. The molecule has 2 amide bonds. The summed E-state index contributed by atoms with van der Waals surface area (Å²) in [5.74, 6) is -7.36. The minimum atomic E-state index is -5.00. The number of halogens is 6. The van der Waals surface area contributed by atoms with E-state index in [0.717, 1.165) is 18.2 Å². The molecular weight excluding hydrogens is 446 g/mol. The number of anilines is 1. The first-order valence-electron chi connectivity index (χ1n) is 8.92. The summed E-state index contributed by atoms with van der Waals surface area (Å²) in [6.45, 7) is 0.490. The van der Waals surface area contributed by atoms with Gasteiger partial charge in [-0.05, 0) is 30.7 Å². The van der Waals surface area contributed by atoms with Gasteiger partial charge in [0.2, 0.25) is 0 Å². The van der Waals surface area contributed by atoms with Crippen LogP contribution in [0.1, 0.15) is 11.1 Å². The lowest BCUT2D eigenvalue weighted by Gasteiger charge is -2.17. The fourth-order valence-electron chi connectivity index (χ4n) is 2.82. The summed E-state index contributed by atoms with van der Waals surface area (Å²) < 4.78 is 85.8. The normalized spacial score (nSPS) is 14.1. The van der Waals surface area contributed by atoms with Crippen molar-refractivity contribution in [2.45, 2.75) is 13.1 Å². The van der Waals surface area contributed by atoms with Crippen molar-refractivity contribution in [3.8, 4) is 11.5 Å². The van der Waals surface area contributed by atoms with E-state index in [4.69, 9.17) is 9.84 Å². The van der Waals surface area contributed by atoms with Gasteiger partial charge in [0.05, 0.1) is 24.4 Å². The molecule has 0 spiro atoms. The summed E-state index contributed by atoms with van der Waals surface area (Å²) in [5.41, 5.74) is -2.28. The minimum absolute atomic E-state index is 0.0380. The maximum atomic E-state index is 14.2. The summed E-state index contributed by atoms with van der Waals surface area (Å²) in [5, 5.41) is 11.4. The number of aryl methyl sites for hydroxylation is 1. The second-order valence-corrected chi connectivity index (χ2v) is 6.67. The molecule has 170 valence electrons. The highest BCUT2D eigenvalue weighted by Crippen LogP contribution is 2.38. The Hall–Kier alpha value is -3.54. The van der Waals surface area contributed by atoms with Gasteiger partial charge in [-0.25, -0.2) is 13.2 Å². The van der Waals surface area contributed by atoms with Gasteiger partial charge >= 0.3 is 6.18 Å². The van der Waals surface area contributed by atoms with Crippen molar-refractivity contribution >= 4 is 17.5 Å². The Morgan fingerprint density at radius 1 is 1.03 bits per heavy atom. The van der Waals surface area contributed by atoms with Crippen LogP contribution in [0.25, 0.3) is 0 Å². The lowest BCUT2D eigenvalue weighted by molar-refractivity contribution is -0.138. The van der Waals surface area contributed by atoms with Crippen molar-refractivity contribution in [2.75, 3.05) is 18.5 Å². The number of amides is 2. The number of imide groups is 1. The molecule has 0 unspecified atom stereocenters. The molecule has 12 heteroatoms. The number of alkyl halides is 3. The number of carbonyl (C=O) groups excluding carboxylic acids is 2. The van der Waals surface area contributed by atoms with Crippen LogP contribution in [0.15, 0.2) is 36.0 Å². The van der Waals surface area contributed by atoms with E-state index >= 15 is 0 Å². The van der Waals surface area contributed by atoms with E-state index in [0.29, 0.717) is 4.90 Å². The number of benzene rings is 2. The molecule has 1 aliphatic heterocycles. The number of hydrogen-bond donors (Lipinski definition) is 2. The molecule has 1 aliphatic rings. The number of aliphatic hydroxyl groups excluding tert-OH is 1. The molecule has 2 N–H and O–H groups in total. The van der Waals surface area contributed by atoms with E-state index in [2.05, 4.69) is 5.32 Å². The second-order valence-electron chi connectivity index (χ2n) is 6.67. The quantitative estimate of drug-likeness (QED) is 0.506. The van der Waals surface area contributed by atoms with Gasteiger partial charge in [-0.15, -0.1) is 0 Å². The molecule has 0 aliphatic carbocycles. The van der Waals surface area contributed by atoms with Crippen molar-refractivity contribution in [3.63, 3.8) is 0 Å². The lowest BCUT2D eigenvalue weighted by Crippen LogP contribution is -2.34. The Balaban J connectivity index is 1.98. The first-order valence-corrected chi connectivity index (χ1v) is 8.92. The predicted molar refractivity (Wildman–Crippen MR) is 98.1 cm³/mol. The van der Waals surface area contributed by atoms with Crippen molar-refractivity contribution in [1.82, 2.24) is 4.90 Å². The Morgan fingerprint density at radius 3 is 2.22 bits per heavy atom. The van der Waals surface area contributed by atoms with Crippen molar-refractivity contribution in [1.29, 1.82) is 0 Å². The van der Waals surface area contributed by atoms with Crippen LogP contribution < -0.4 is 10.1 Å². The Bertz CT molecular complexity index is 1110. The first-order chi connectivity index (χ1) is 14.9. The standard InChI is InChI=1S/C20H14F6N2O4/c1-9-4-16(32-18-12(22)5-10(6-13(18)23)20(24,25)26)14(7-11(9)21)27-15-8-17(30)28(2-3-29)19(15)31/h4-8,27,29H,2-3H2,1H3. The van der Waals surface area contributed by atoms with Crippen LogP contribution in [0.4, 0.5) is 32.0 Å². The topological polar surface area (TPSA) is 78.9 Å². The number of hydrogen-bond acceptors (Lipinski definition) is 5. The number of β-amino-alcohol motifs (C(OH)–C–C–N with tert-alkyl or cyclic N) is 1. The van der Waals surface area contributed by atoms with Crippen LogP contribution in [0.2, 0.25) is 0 Å². The highest BCUT2D eigenvalue weighted by Gasteiger charge is 2.34. The van der Waals surface area contributed by atoms with E-state index in [1.165, 1.54) is 6.92 Å². The van der Waals surface area contributed by atoms with Gasteiger partial charge in [0.1, 0.15) is 11.5 Å². The van der Waals surface area contributed by atoms with Crippen molar-refractivity contribution in [2.24, 2.45) is 0 Å². The molecule has 0 atom stereocenters. The highest BCUT2D eigenvalue weighted by atomic mass is 19.4. The average Bonchev–Trinajstić information content (AvgIpc) is 2.95. The fourth-order valence-corrected chi connectivity index (χ4v) is 2.82. The maximum absolute atomic E-state index is 14.2. The molecule has 0 bridgehead atoms. The lowest BCUT2D eigenvalue weighted by atomic mass is 10.1. The predicted octanol–water partition coefficient (Wildman–Crippen LogP) is 3.88. The Kier molecular flexibility index (Phi) is 6.17. The van der Waals surface area contributed by atoms with Gasteiger partial charge in [0.15, 0.2) is 23.1 Å². The average molecular weight is 460 g/mol. The molecule has 2 aromatic carbocycles. The van der Waals surface area contributed by atoms with Gasteiger partial charge < -0.3 is 15.2 Å². The second kappa shape index (κ2) is 8.54. The van der Waals surface area contributed by atoms with Crippen LogP contribution >= 0.6 is 0 Å². The van der Waals surface area contributed by atoms with Gasteiger partial charge in [0, 0.05) is 12.1 Å². The number of nitrogens with zero attached hydrogens (tertiary/aromatic N) is 1. The van der Waals surface area contributed by atoms with Crippen molar-refractivity contribution < 1.29 is 45.8 Å². The van der Waals surface area contributed by atoms with E-state index in [-0.39, 0.29) is 35.6 Å².